The molecular formula is C65H126O17P2. The Kier molecular flexibility index (Phi) is 56.2. The largest absolute Gasteiger partial charge is 0.472 e. The number of aliphatic hydroxyl groups is 1. The van der Waals surface area contributed by atoms with Crippen molar-refractivity contribution in [3.63, 3.8) is 0 Å². The zero-order chi connectivity index (χ0) is 62.2. The Morgan fingerprint density at radius 2 is 0.607 bits per heavy atom. The molecule has 0 fully saturated rings. The summed E-state index contributed by atoms with van der Waals surface area (Å²) in [6.07, 6.45) is 40.8. The number of aliphatic hydroxyl groups excluding tert-OH is 1. The average Bonchev–Trinajstić information content (AvgIpc) is 3.62. The fourth-order valence-electron chi connectivity index (χ4n) is 9.68. The van der Waals surface area contributed by atoms with Gasteiger partial charge in [0, 0.05) is 25.7 Å². The van der Waals surface area contributed by atoms with Gasteiger partial charge in [0.1, 0.15) is 19.3 Å². The van der Waals surface area contributed by atoms with Crippen molar-refractivity contribution in [1.82, 2.24) is 0 Å². The summed E-state index contributed by atoms with van der Waals surface area (Å²) >= 11 is 0. The van der Waals surface area contributed by atoms with Crippen LogP contribution in [0.15, 0.2) is 0 Å². The van der Waals surface area contributed by atoms with Gasteiger partial charge in [0.25, 0.3) is 0 Å². The molecule has 0 radical (unpaired) electrons. The van der Waals surface area contributed by atoms with Crippen LogP contribution in [0.4, 0.5) is 0 Å². The van der Waals surface area contributed by atoms with Crippen molar-refractivity contribution in [2.75, 3.05) is 39.6 Å². The minimum absolute atomic E-state index is 0.102. The fourth-order valence-corrected chi connectivity index (χ4v) is 11.3. The van der Waals surface area contributed by atoms with E-state index in [0.29, 0.717) is 25.7 Å². The van der Waals surface area contributed by atoms with Crippen LogP contribution in [0.5, 0.6) is 0 Å². The van der Waals surface area contributed by atoms with E-state index >= 15 is 0 Å². The van der Waals surface area contributed by atoms with Gasteiger partial charge in [-0.1, -0.05) is 273 Å². The second-order valence-electron chi connectivity index (χ2n) is 24.2. The topological polar surface area (TPSA) is 237 Å². The van der Waals surface area contributed by atoms with E-state index in [-0.39, 0.29) is 25.7 Å². The summed E-state index contributed by atoms with van der Waals surface area (Å²) in [6, 6.07) is 0. The highest BCUT2D eigenvalue weighted by Gasteiger charge is 2.30. The van der Waals surface area contributed by atoms with Gasteiger partial charge in [-0.2, -0.15) is 0 Å². The van der Waals surface area contributed by atoms with E-state index < -0.39 is 97.5 Å². The Morgan fingerprint density at radius 1 is 0.345 bits per heavy atom. The molecule has 0 aliphatic carbocycles. The SMILES string of the molecule is CCCCCCCCCCCCCCCCCCCC(=O)O[C@H](COC(=O)CCCCCCCCCCCC(C)C)COP(=O)(O)OC[C@@H](O)COP(=O)(O)OC[C@@H](COC(=O)CCCCCCC)OC(=O)CCCCCCCCC(C)CC. The number of hydrogen-bond acceptors (Lipinski definition) is 15. The van der Waals surface area contributed by atoms with E-state index in [0.717, 1.165) is 108 Å². The molecule has 3 N–H and O–H groups in total. The van der Waals surface area contributed by atoms with Gasteiger partial charge in [-0.15, -0.1) is 0 Å². The predicted molar refractivity (Wildman–Crippen MR) is 335 cm³/mol. The Labute approximate surface area is 511 Å². The molecule has 0 aromatic rings. The standard InChI is InChI=1S/C65H126O17P2/c1-7-10-12-14-15-16-17-18-19-20-21-22-23-26-30-37-43-49-64(69)81-61(54-76-63(68)48-42-36-29-27-24-25-28-34-39-45-57(4)5)56-80-84(73,74)78-52-59(66)51-77-83(71,72)79-55-60(53-75-62(67)47-41-33-13-11-8-2)82-65(70)50-44-38-32-31-35-40-46-58(6)9-3/h57-61,66H,7-56H2,1-6H3,(H,71,72)(H,73,74)/t58?,59-,60+,61+/m0/s1. The highest BCUT2D eigenvalue weighted by atomic mass is 31.2. The molecule has 0 aliphatic heterocycles. The number of esters is 4. The van der Waals surface area contributed by atoms with E-state index in [9.17, 15) is 43.2 Å². The summed E-state index contributed by atoms with van der Waals surface area (Å²) in [4.78, 5) is 72.0. The molecule has 17 nitrogen and oxygen atoms in total. The number of rotatable bonds is 64. The van der Waals surface area contributed by atoms with Gasteiger partial charge in [-0.05, 0) is 37.5 Å². The summed E-state index contributed by atoms with van der Waals surface area (Å²) in [5.74, 6) is -0.681. The Bertz CT molecular complexity index is 1650. The first-order valence-electron chi connectivity index (χ1n) is 34.0. The molecule has 0 aromatic heterocycles. The van der Waals surface area contributed by atoms with Crippen LogP contribution in [-0.4, -0.2) is 96.7 Å². The molecule has 0 amide bonds. The van der Waals surface area contributed by atoms with E-state index in [1.807, 2.05) is 0 Å². The monoisotopic (exact) mass is 1240 g/mol. The van der Waals surface area contributed by atoms with Gasteiger partial charge in [0.05, 0.1) is 26.4 Å². The molecular weight excluding hydrogens is 1110 g/mol. The maximum atomic E-state index is 13.0. The highest BCUT2D eigenvalue weighted by Crippen LogP contribution is 2.45. The Balaban J connectivity index is 5.16. The Morgan fingerprint density at radius 3 is 0.905 bits per heavy atom. The molecule has 19 heteroatoms. The maximum absolute atomic E-state index is 13.0. The van der Waals surface area contributed by atoms with Gasteiger partial charge >= 0.3 is 39.5 Å². The van der Waals surface area contributed by atoms with Crippen molar-refractivity contribution in [2.24, 2.45) is 11.8 Å². The van der Waals surface area contributed by atoms with Gasteiger partial charge in [0.2, 0.25) is 0 Å². The first-order chi connectivity index (χ1) is 40.4. The number of phosphoric acid groups is 2. The molecule has 0 spiro atoms. The molecule has 0 saturated heterocycles. The minimum atomic E-state index is -4.95. The molecule has 3 unspecified atom stereocenters. The molecule has 0 rings (SSSR count). The van der Waals surface area contributed by atoms with Crippen LogP contribution >= 0.6 is 15.6 Å². The van der Waals surface area contributed by atoms with Crippen molar-refractivity contribution in [1.29, 1.82) is 0 Å². The van der Waals surface area contributed by atoms with Crippen LogP contribution in [0.2, 0.25) is 0 Å². The van der Waals surface area contributed by atoms with Crippen LogP contribution in [0.25, 0.3) is 0 Å². The quantitative estimate of drug-likeness (QED) is 0.0222. The first kappa shape index (κ1) is 82.1. The third-order valence-electron chi connectivity index (χ3n) is 15.3. The summed E-state index contributed by atoms with van der Waals surface area (Å²) in [5.41, 5.74) is 0. The molecule has 0 bridgehead atoms. The van der Waals surface area contributed by atoms with Gasteiger partial charge in [-0.3, -0.25) is 37.3 Å². The molecule has 84 heavy (non-hydrogen) atoms. The third-order valence-corrected chi connectivity index (χ3v) is 17.2. The zero-order valence-electron chi connectivity index (χ0n) is 54.2. The molecule has 498 valence electrons. The van der Waals surface area contributed by atoms with E-state index in [1.54, 1.807) is 0 Å². The number of ether oxygens (including phenoxy) is 4. The third kappa shape index (κ3) is 57.8. The van der Waals surface area contributed by atoms with Crippen molar-refractivity contribution in [3.8, 4) is 0 Å². The summed E-state index contributed by atoms with van der Waals surface area (Å²) in [5, 5.41) is 10.5. The lowest BCUT2D eigenvalue weighted by atomic mass is 10.00. The molecule has 0 aliphatic rings. The molecule has 0 saturated carbocycles. The zero-order valence-corrected chi connectivity index (χ0v) is 56.0. The van der Waals surface area contributed by atoms with Crippen LogP contribution in [-0.2, 0) is 65.4 Å². The minimum Gasteiger partial charge on any atom is -0.462 e. The number of unbranched alkanes of at least 4 members (excludes halogenated alkanes) is 33. The Hall–Kier alpha value is -1.94. The lowest BCUT2D eigenvalue weighted by Gasteiger charge is -2.21. The second kappa shape index (κ2) is 57.5. The van der Waals surface area contributed by atoms with Crippen LogP contribution < -0.4 is 0 Å². The lowest BCUT2D eigenvalue weighted by molar-refractivity contribution is -0.161. The lowest BCUT2D eigenvalue weighted by Crippen LogP contribution is -2.30. The van der Waals surface area contributed by atoms with E-state index in [2.05, 4.69) is 41.5 Å². The normalized spacial score (nSPS) is 14.6. The number of hydrogen-bond donors (Lipinski definition) is 3. The molecule has 0 aromatic carbocycles. The first-order valence-corrected chi connectivity index (χ1v) is 37.0. The van der Waals surface area contributed by atoms with E-state index in [1.165, 1.54) is 135 Å². The number of carbonyl (C=O) groups is 4. The molecule has 0 heterocycles. The van der Waals surface area contributed by atoms with E-state index in [4.69, 9.17) is 37.0 Å². The number of phosphoric ester groups is 2. The summed E-state index contributed by atoms with van der Waals surface area (Å²) in [6.45, 7) is 9.35. The summed E-state index contributed by atoms with van der Waals surface area (Å²) < 4.78 is 67.8. The van der Waals surface area contributed by atoms with Gasteiger partial charge < -0.3 is 33.8 Å². The van der Waals surface area contributed by atoms with Gasteiger partial charge in [0.15, 0.2) is 12.2 Å². The number of carbonyl (C=O) groups excluding carboxylic acids is 4. The molecule has 6 atom stereocenters. The second-order valence-corrected chi connectivity index (χ2v) is 27.1. The average molecular weight is 1240 g/mol. The van der Waals surface area contributed by atoms with Crippen molar-refractivity contribution in [2.45, 2.75) is 342 Å². The van der Waals surface area contributed by atoms with Crippen LogP contribution in [0, 0.1) is 11.8 Å². The fraction of sp³-hybridized carbons (Fsp3) is 0.938. The van der Waals surface area contributed by atoms with Crippen molar-refractivity contribution >= 4 is 39.5 Å². The van der Waals surface area contributed by atoms with Crippen molar-refractivity contribution < 1.29 is 80.2 Å². The summed E-state index contributed by atoms with van der Waals surface area (Å²) in [7, 11) is -9.88. The van der Waals surface area contributed by atoms with Crippen LogP contribution in [0.3, 0.4) is 0 Å². The van der Waals surface area contributed by atoms with Crippen LogP contribution in [0.1, 0.15) is 324 Å². The van der Waals surface area contributed by atoms with Gasteiger partial charge in [-0.25, -0.2) is 9.13 Å². The smallest absolute Gasteiger partial charge is 0.462 e. The maximum Gasteiger partial charge on any atom is 0.472 e. The highest BCUT2D eigenvalue weighted by molar-refractivity contribution is 7.47. The predicted octanol–water partition coefficient (Wildman–Crippen LogP) is 18.0. The van der Waals surface area contributed by atoms with Crippen molar-refractivity contribution in [3.05, 3.63) is 0 Å².